The van der Waals surface area contributed by atoms with E-state index in [1.165, 1.54) is 18.2 Å². The molecule has 3 rings (SSSR count). The van der Waals surface area contributed by atoms with E-state index < -0.39 is 15.9 Å². The SMILES string of the molecule is CCOc1ccc(NS(=O)(=O)c2ccc(OCC(=O)Nc3cccc(Cl)c3Cl)c(Cl)c2)cc1. The van der Waals surface area contributed by atoms with Gasteiger partial charge in [-0.15, -0.1) is 0 Å². The zero-order valence-corrected chi connectivity index (χ0v) is 20.4. The Morgan fingerprint density at radius 1 is 0.939 bits per heavy atom. The van der Waals surface area contributed by atoms with Crippen molar-refractivity contribution in [2.45, 2.75) is 11.8 Å². The fourth-order valence-corrected chi connectivity index (χ4v) is 4.43. The van der Waals surface area contributed by atoms with Crippen LogP contribution in [0.25, 0.3) is 0 Å². The van der Waals surface area contributed by atoms with Gasteiger partial charge < -0.3 is 14.8 Å². The Morgan fingerprint density at radius 3 is 2.33 bits per heavy atom. The molecule has 0 unspecified atom stereocenters. The van der Waals surface area contributed by atoms with E-state index in [1.54, 1.807) is 42.5 Å². The van der Waals surface area contributed by atoms with E-state index in [4.69, 9.17) is 44.3 Å². The first kappa shape index (κ1) is 25.0. The monoisotopic (exact) mass is 528 g/mol. The summed E-state index contributed by atoms with van der Waals surface area (Å²) in [6.45, 7) is 1.99. The predicted molar refractivity (Wildman–Crippen MR) is 130 cm³/mol. The van der Waals surface area contributed by atoms with Crippen molar-refractivity contribution >= 4 is 62.1 Å². The van der Waals surface area contributed by atoms with Crippen LogP contribution in [0.5, 0.6) is 11.5 Å². The highest BCUT2D eigenvalue weighted by atomic mass is 35.5. The molecule has 0 spiro atoms. The molecular formula is C22H19Cl3N2O5S. The Balaban J connectivity index is 1.63. The molecule has 0 aliphatic carbocycles. The third-order valence-corrected chi connectivity index (χ3v) is 6.71. The number of rotatable bonds is 9. The van der Waals surface area contributed by atoms with Crippen molar-refractivity contribution < 1.29 is 22.7 Å². The minimum atomic E-state index is -3.90. The lowest BCUT2D eigenvalue weighted by atomic mass is 10.3. The molecule has 7 nitrogen and oxygen atoms in total. The van der Waals surface area contributed by atoms with Crippen molar-refractivity contribution in [1.29, 1.82) is 0 Å². The summed E-state index contributed by atoms with van der Waals surface area (Å²) in [7, 11) is -3.90. The summed E-state index contributed by atoms with van der Waals surface area (Å²) < 4.78 is 38.6. The second-order valence-electron chi connectivity index (χ2n) is 6.59. The van der Waals surface area contributed by atoms with Crippen LogP contribution in [0, 0.1) is 0 Å². The minimum absolute atomic E-state index is 0.0261. The van der Waals surface area contributed by atoms with Gasteiger partial charge in [-0.2, -0.15) is 0 Å². The van der Waals surface area contributed by atoms with E-state index in [1.807, 2.05) is 6.92 Å². The van der Waals surface area contributed by atoms with E-state index in [9.17, 15) is 13.2 Å². The number of amides is 1. The molecule has 0 radical (unpaired) electrons. The number of anilines is 2. The fraction of sp³-hybridized carbons (Fsp3) is 0.136. The van der Waals surface area contributed by atoms with Gasteiger partial charge in [0.15, 0.2) is 6.61 Å². The summed E-state index contributed by atoms with van der Waals surface area (Å²) >= 11 is 18.1. The van der Waals surface area contributed by atoms with Crippen LogP contribution in [0.4, 0.5) is 11.4 Å². The molecule has 11 heteroatoms. The summed E-state index contributed by atoms with van der Waals surface area (Å²) in [6, 6.07) is 15.3. The fourth-order valence-electron chi connectivity index (χ4n) is 2.70. The van der Waals surface area contributed by atoms with E-state index in [-0.39, 0.29) is 27.3 Å². The number of sulfonamides is 1. The van der Waals surface area contributed by atoms with Crippen LogP contribution >= 0.6 is 34.8 Å². The number of nitrogens with one attached hydrogen (secondary N) is 2. The third-order valence-electron chi connectivity index (χ3n) is 4.22. The van der Waals surface area contributed by atoms with Crippen molar-refractivity contribution in [3.63, 3.8) is 0 Å². The number of hydrogen-bond donors (Lipinski definition) is 2. The van der Waals surface area contributed by atoms with Crippen molar-refractivity contribution in [2.75, 3.05) is 23.3 Å². The molecular weight excluding hydrogens is 511 g/mol. The average Bonchev–Trinajstić information content (AvgIpc) is 2.77. The number of hydrogen-bond acceptors (Lipinski definition) is 5. The topological polar surface area (TPSA) is 93.7 Å². The first-order chi connectivity index (χ1) is 15.7. The van der Waals surface area contributed by atoms with Crippen molar-refractivity contribution in [3.05, 3.63) is 75.7 Å². The van der Waals surface area contributed by atoms with Crippen molar-refractivity contribution in [3.8, 4) is 11.5 Å². The molecule has 174 valence electrons. The van der Waals surface area contributed by atoms with Gasteiger partial charge in [0.25, 0.3) is 15.9 Å². The molecule has 0 aromatic heterocycles. The van der Waals surface area contributed by atoms with Crippen molar-refractivity contribution in [1.82, 2.24) is 0 Å². The molecule has 3 aromatic carbocycles. The van der Waals surface area contributed by atoms with Gasteiger partial charge >= 0.3 is 0 Å². The molecule has 2 N–H and O–H groups in total. The van der Waals surface area contributed by atoms with Crippen LogP contribution in [0.2, 0.25) is 15.1 Å². The van der Waals surface area contributed by atoms with E-state index in [2.05, 4.69) is 10.0 Å². The average molecular weight is 530 g/mol. The summed E-state index contributed by atoms with van der Waals surface area (Å²) in [4.78, 5) is 12.1. The highest BCUT2D eigenvalue weighted by Gasteiger charge is 2.17. The maximum Gasteiger partial charge on any atom is 0.262 e. The number of halogens is 3. The van der Waals surface area contributed by atoms with Gasteiger partial charge in [0, 0.05) is 5.69 Å². The zero-order valence-electron chi connectivity index (χ0n) is 17.3. The number of carbonyl (C=O) groups is 1. The minimum Gasteiger partial charge on any atom is -0.494 e. The second kappa shape index (κ2) is 11.0. The van der Waals surface area contributed by atoms with E-state index >= 15 is 0 Å². The predicted octanol–water partition coefficient (Wildman–Crippen LogP) is 5.86. The van der Waals surface area contributed by atoms with E-state index in [0.717, 1.165) is 0 Å². The van der Waals surface area contributed by atoms with Gasteiger partial charge in [-0.25, -0.2) is 8.42 Å². The van der Waals surface area contributed by atoms with Gasteiger partial charge in [-0.1, -0.05) is 40.9 Å². The van der Waals surface area contributed by atoms with Gasteiger partial charge in [-0.05, 0) is 61.5 Å². The summed E-state index contributed by atoms with van der Waals surface area (Å²) in [5, 5.41) is 3.11. The highest BCUT2D eigenvalue weighted by Crippen LogP contribution is 2.30. The lowest BCUT2D eigenvalue weighted by Crippen LogP contribution is -2.20. The molecule has 0 aliphatic heterocycles. The van der Waals surface area contributed by atoms with Gasteiger partial charge in [-0.3, -0.25) is 9.52 Å². The lowest BCUT2D eigenvalue weighted by Gasteiger charge is -2.12. The molecule has 0 heterocycles. The maximum atomic E-state index is 12.7. The van der Waals surface area contributed by atoms with Crippen LogP contribution in [-0.4, -0.2) is 27.5 Å². The first-order valence-corrected chi connectivity index (χ1v) is 12.2. The zero-order chi connectivity index (χ0) is 24.0. The Hall–Kier alpha value is -2.65. The highest BCUT2D eigenvalue weighted by molar-refractivity contribution is 7.92. The Kier molecular flexibility index (Phi) is 8.31. The normalized spacial score (nSPS) is 11.0. The Morgan fingerprint density at radius 2 is 1.67 bits per heavy atom. The molecule has 0 atom stereocenters. The molecule has 33 heavy (non-hydrogen) atoms. The summed E-state index contributed by atoms with van der Waals surface area (Å²) in [6.07, 6.45) is 0. The quantitative estimate of drug-likeness (QED) is 0.362. The number of carbonyl (C=O) groups excluding carboxylic acids is 1. The van der Waals surface area contributed by atoms with E-state index in [0.29, 0.717) is 28.8 Å². The lowest BCUT2D eigenvalue weighted by molar-refractivity contribution is -0.118. The maximum absolute atomic E-state index is 12.7. The van der Waals surface area contributed by atoms with Gasteiger partial charge in [0.1, 0.15) is 11.5 Å². The number of ether oxygens (including phenoxy) is 2. The summed E-state index contributed by atoms with van der Waals surface area (Å²) in [5.41, 5.74) is 0.705. The molecule has 0 bridgehead atoms. The van der Waals surface area contributed by atoms with Crippen LogP contribution in [0.15, 0.2) is 65.6 Å². The van der Waals surface area contributed by atoms with Gasteiger partial charge in [0.2, 0.25) is 0 Å². The van der Waals surface area contributed by atoms with Gasteiger partial charge in [0.05, 0.1) is 32.3 Å². The van der Waals surface area contributed by atoms with Crippen molar-refractivity contribution in [2.24, 2.45) is 0 Å². The second-order valence-corrected chi connectivity index (χ2v) is 9.47. The molecule has 1 amide bonds. The molecule has 0 fully saturated rings. The molecule has 0 saturated heterocycles. The van der Waals surface area contributed by atoms with Crippen LogP contribution < -0.4 is 19.5 Å². The molecule has 0 aliphatic rings. The largest absolute Gasteiger partial charge is 0.494 e. The number of benzene rings is 3. The van der Waals surface area contributed by atoms with Crippen LogP contribution in [0.3, 0.4) is 0 Å². The third kappa shape index (κ3) is 6.68. The standard InChI is InChI=1S/C22H19Cl3N2O5S/c1-2-31-15-8-6-14(7-9-15)27-33(29,30)16-10-11-20(18(24)12-16)32-13-21(28)26-19-5-3-4-17(23)22(19)25/h3-12,27H,2,13H2,1H3,(H,26,28). The smallest absolute Gasteiger partial charge is 0.262 e. The first-order valence-electron chi connectivity index (χ1n) is 9.61. The van der Waals surface area contributed by atoms with Crippen LogP contribution in [-0.2, 0) is 14.8 Å². The molecule has 3 aromatic rings. The summed E-state index contributed by atoms with van der Waals surface area (Å²) in [5.74, 6) is 0.278. The molecule has 0 saturated carbocycles. The Bertz CT molecular complexity index is 1250. The van der Waals surface area contributed by atoms with Crippen LogP contribution in [0.1, 0.15) is 6.92 Å². The Labute approximate surface area is 206 Å².